The van der Waals surface area contributed by atoms with Gasteiger partial charge in [-0.1, -0.05) is 26.0 Å². The second-order valence-electron chi connectivity index (χ2n) is 5.35. The summed E-state index contributed by atoms with van der Waals surface area (Å²) in [5.74, 6) is 1.62. The molecule has 6 heteroatoms. The van der Waals surface area contributed by atoms with Crippen molar-refractivity contribution >= 4 is 5.95 Å². The Kier molecular flexibility index (Phi) is 5.78. The van der Waals surface area contributed by atoms with Gasteiger partial charge in [-0.3, -0.25) is 0 Å². The fourth-order valence-corrected chi connectivity index (χ4v) is 2.23. The molecule has 0 saturated heterocycles. The summed E-state index contributed by atoms with van der Waals surface area (Å²) in [6.45, 7) is 5.75. The van der Waals surface area contributed by atoms with E-state index in [4.69, 9.17) is 9.47 Å². The number of hydrogen-bond acceptors (Lipinski definition) is 6. The molecule has 0 saturated carbocycles. The lowest BCUT2D eigenvalue weighted by atomic mass is 9.85. The van der Waals surface area contributed by atoms with E-state index in [2.05, 4.69) is 46.3 Å². The summed E-state index contributed by atoms with van der Waals surface area (Å²) in [6, 6.07) is 0.595. The summed E-state index contributed by atoms with van der Waals surface area (Å²) < 4.78 is 10.9. The summed E-state index contributed by atoms with van der Waals surface area (Å²) in [4.78, 5) is 12.6. The van der Waals surface area contributed by atoms with Crippen LogP contribution in [0.4, 0.5) is 5.95 Å². The van der Waals surface area contributed by atoms with Crippen LogP contribution in [0.2, 0.25) is 0 Å². The smallest absolute Gasteiger partial charge is 0.324 e. The Labute approximate surface area is 126 Å². The number of rotatable bonds is 7. The highest BCUT2D eigenvalue weighted by molar-refractivity contribution is 5.27. The molecule has 0 spiro atoms. The second kappa shape index (κ2) is 7.81. The average Bonchev–Trinajstić information content (AvgIpc) is 2.52. The molecule has 116 valence electrons. The third-order valence-corrected chi connectivity index (χ3v) is 3.65. The molecule has 0 radical (unpaired) electrons. The van der Waals surface area contributed by atoms with Gasteiger partial charge in [-0.15, -0.1) is 4.98 Å². The highest BCUT2D eigenvalue weighted by Crippen LogP contribution is 2.25. The van der Waals surface area contributed by atoms with Crippen LogP contribution in [0, 0.1) is 11.8 Å². The predicted molar refractivity (Wildman–Crippen MR) is 81.7 cm³/mol. The predicted octanol–water partition coefficient (Wildman–Crippen LogP) is 2.68. The Morgan fingerprint density at radius 2 is 1.95 bits per heavy atom. The molecular weight excluding hydrogens is 268 g/mol. The van der Waals surface area contributed by atoms with Crippen LogP contribution in [0.25, 0.3) is 0 Å². The topological polar surface area (TPSA) is 69.2 Å². The minimum Gasteiger partial charge on any atom is -0.467 e. The minimum atomic E-state index is 0.273. The summed E-state index contributed by atoms with van der Waals surface area (Å²) in [6.07, 6.45) is 7.61. The quantitative estimate of drug-likeness (QED) is 0.779. The number of allylic oxidation sites excluding steroid dienone is 2. The molecule has 0 amide bonds. The summed E-state index contributed by atoms with van der Waals surface area (Å²) >= 11 is 0. The molecule has 2 atom stereocenters. The molecule has 21 heavy (non-hydrogen) atoms. The van der Waals surface area contributed by atoms with Crippen LogP contribution in [-0.2, 0) is 0 Å². The van der Waals surface area contributed by atoms with Crippen LogP contribution in [0.1, 0.15) is 33.1 Å². The van der Waals surface area contributed by atoms with Crippen molar-refractivity contribution in [3.05, 3.63) is 12.2 Å². The van der Waals surface area contributed by atoms with Gasteiger partial charge < -0.3 is 14.8 Å². The van der Waals surface area contributed by atoms with E-state index in [0.29, 0.717) is 30.4 Å². The van der Waals surface area contributed by atoms with Crippen molar-refractivity contribution in [3.63, 3.8) is 0 Å². The zero-order valence-corrected chi connectivity index (χ0v) is 13.0. The molecule has 0 fully saturated rings. The number of methoxy groups -OCH3 is 1. The van der Waals surface area contributed by atoms with Gasteiger partial charge in [0.25, 0.3) is 0 Å². The summed E-state index contributed by atoms with van der Waals surface area (Å²) in [5.41, 5.74) is 0. The lowest BCUT2D eigenvalue weighted by Crippen LogP contribution is -2.22. The van der Waals surface area contributed by atoms with Crippen molar-refractivity contribution in [2.45, 2.75) is 33.1 Å². The number of anilines is 1. The molecule has 6 nitrogen and oxygen atoms in total. The van der Waals surface area contributed by atoms with Crippen molar-refractivity contribution in [1.82, 2.24) is 15.0 Å². The van der Waals surface area contributed by atoms with Crippen molar-refractivity contribution < 1.29 is 9.47 Å². The van der Waals surface area contributed by atoms with Crippen molar-refractivity contribution in [1.29, 1.82) is 0 Å². The van der Waals surface area contributed by atoms with E-state index in [1.54, 1.807) is 0 Å². The van der Waals surface area contributed by atoms with E-state index in [1.165, 1.54) is 7.11 Å². The average molecular weight is 292 g/mol. The molecule has 0 aromatic carbocycles. The van der Waals surface area contributed by atoms with Crippen molar-refractivity contribution in [2.24, 2.45) is 11.8 Å². The number of aromatic nitrogens is 3. The lowest BCUT2D eigenvalue weighted by molar-refractivity contribution is 0.184. The molecule has 1 aromatic heterocycles. The third-order valence-electron chi connectivity index (χ3n) is 3.65. The number of hydrogen-bond donors (Lipinski definition) is 1. The van der Waals surface area contributed by atoms with E-state index < -0.39 is 0 Å². The maximum atomic E-state index is 5.76. The molecular formula is C15H24N4O2. The first-order valence-corrected chi connectivity index (χ1v) is 7.54. The first kappa shape index (κ1) is 15.5. The third kappa shape index (κ3) is 4.58. The van der Waals surface area contributed by atoms with Crippen LogP contribution in [0.15, 0.2) is 12.2 Å². The number of ether oxygens (including phenoxy) is 2. The van der Waals surface area contributed by atoms with E-state index in [9.17, 15) is 0 Å². The maximum Gasteiger partial charge on any atom is 0.324 e. The molecule has 0 bridgehead atoms. The Morgan fingerprint density at radius 1 is 1.19 bits per heavy atom. The Balaban J connectivity index is 1.99. The summed E-state index contributed by atoms with van der Waals surface area (Å²) in [5, 5.41) is 3.12. The van der Waals surface area contributed by atoms with Gasteiger partial charge in [0, 0.05) is 6.54 Å². The van der Waals surface area contributed by atoms with Gasteiger partial charge in [-0.05, 0) is 31.1 Å². The van der Waals surface area contributed by atoms with Gasteiger partial charge in [-0.2, -0.15) is 9.97 Å². The largest absolute Gasteiger partial charge is 0.467 e. The van der Waals surface area contributed by atoms with Gasteiger partial charge in [0.1, 0.15) is 0 Å². The fraction of sp³-hybridized carbons (Fsp3) is 0.667. The molecule has 1 aromatic rings. The highest BCUT2D eigenvalue weighted by atomic mass is 16.5. The second-order valence-corrected chi connectivity index (χ2v) is 5.35. The van der Waals surface area contributed by atoms with Gasteiger partial charge in [0.2, 0.25) is 5.95 Å². The normalized spacial score (nSPS) is 21.1. The Bertz CT molecular complexity index is 479. The van der Waals surface area contributed by atoms with Gasteiger partial charge in [0.15, 0.2) is 0 Å². The zero-order valence-electron chi connectivity index (χ0n) is 13.0. The molecule has 2 rings (SSSR count). The van der Waals surface area contributed by atoms with Crippen LogP contribution in [0.5, 0.6) is 12.0 Å². The van der Waals surface area contributed by atoms with Crippen LogP contribution < -0.4 is 14.8 Å². The molecule has 1 heterocycles. The van der Waals surface area contributed by atoms with E-state index in [1.807, 2.05) is 0 Å². The van der Waals surface area contributed by atoms with E-state index in [-0.39, 0.29) is 6.01 Å². The number of nitrogens with one attached hydrogen (secondary N) is 1. The molecule has 1 aliphatic carbocycles. The lowest BCUT2D eigenvalue weighted by Gasteiger charge is -2.24. The van der Waals surface area contributed by atoms with Crippen molar-refractivity contribution in [2.75, 3.05) is 25.6 Å². The SMILES string of the molecule is CCCNc1nc(OC)nc(OCC2CC=CCC2C)n1. The maximum absolute atomic E-state index is 5.76. The van der Waals surface area contributed by atoms with Gasteiger partial charge >= 0.3 is 12.0 Å². The molecule has 0 aliphatic heterocycles. The zero-order chi connectivity index (χ0) is 15.1. The monoisotopic (exact) mass is 292 g/mol. The van der Waals surface area contributed by atoms with Crippen LogP contribution in [-0.4, -0.2) is 35.2 Å². The van der Waals surface area contributed by atoms with Gasteiger partial charge in [-0.25, -0.2) is 0 Å². The Morgan fingerprint density at radius 3 is 2.67 bits per heavy atom. The number of nitrogens with zero attached hydrogens (tertiary/aromatic N) is 3. The van der Waals surface area contributed by atoms with Crippen LogP contribution >= 0.6 is 0 Å². The molecule has 2 unspecified atom stereocenters. The fourth-order valence-electron chi connectivity index (χ4n) is 2.23. The standard InChI is InChI=1S/C15H24N4O2/c1-4-9-16-13-17-14(20-3)19-15(18-13)21-10-12-8-6-5-7-11(12)2/h5-6,11-12H,4,7-10H2,1-3H3,(H,16,17,18,19). The molecule has 1 aliphatic rings. The van der Waals surface area contributed by atoms with E-state index >= 15 is 0 Å². The van der Waals surface area contributed by atoms with Gasteiger partial charge in [0.05, 0.1) is 13.7 Å². The Hall–Kier alpha value is -1.85. The van der Waals surface area contributed by atoms with Crippen LogP contribution in [0.3, 0.4) is 0 Å². The van der Waals surface area contributed by atoms with E-state index in [0.717, 1.165) is 25.8 Å². The first-order chi connectivity index (χ1) is 10.2. The minimum absolute atomic E-state index is 0.273. The molecule has 1 N–H and O–H groups in total. The van der Waals surface area contributed by atoms with Crippen molar-refractivity contribution in [3.8, 4) is 12.0 Å². The summed E-state index contributed by atoms with van der Waals surface area (Å²) in [7, 11) is 1.54. The first-order valence-electron chi connectivity index (χ1n) is 7.54. The highest BCUT2D eigenvalue weighted by Gasteiger charge is 2.19.